The third-order valence-corrected chi connectivity index (χ3v) is 3.52. The van der Waals surface area contributed by atoms with E-state index in [2.05, 4.69) is 19.9 Å². The summed E-state index contributed by atoms with van der Waals surface area (Å²) in [5, 5.41) is 1.66. The Balaban J connectivity index is 2.24. The van der Waals surface area contributed by atoms with E-state index in [0.717, 1.165) is 21.8 Å². The molecule has 106 valence electrons. The zero-order chi connectivity index (χ0) is 15.1. The molecule has 22 heavy (non-hydrogen) atoms. The summed E-state index contributed by atoms with van der Waals surface area (Å²) < 4.78 is 4.72. The van der Waals surface area contributed by atoms with Gasteiger partial charge < -0.3 is 4.74 Å². The van der Waals surface area contributed by atoms with Crippen LogP contribution >= 0.6 is 0 Å². The Morgan fingerprint density at radius 2 is 1.50 bits per heavy atom. The number of methoxy groups -OCH3 is 1. The van der Waals surface area contributed by atoms with Crippen LogP contribution < -0.4 is 0 Å². The second-order valence-corrected chi connectivity index (χ2v) is 4.74. The van der Waals surface area contributed by atoms with Crippen LogP contribution in [-0.2, 0) is 4.74 Å². The first-order valence-corrected chi connectivity index (χ1v) is 6.66. The Kier molecular flexibility index (Phi) is 2.69. The summed E-state index contributed by atoms with van der Waals surface area (Å²) in [6.07, 6.45) is 4.85. The van der Waals surface area contributed by atoms with Crippen molar-refractivity contribution in [3.05, 3.63) is 48.5 Å². The second-order valence-electron chi connectivity index (χ2n) is 4.74. The van der Waals surface area contributed by atoms with Gasteiger partial charge >= 0.3 is 5.97 Å². The number of carbonyl (C=O) groups excluding carboxylic acids is 1. The lowest BCUT2D eigenvalue weighted by Gasteiger charge is -2.08. The standard InChI is InChI=1S/C16H10N4O2/c1-22-16(21)11-8-19-14-9-4-2-6-17-12(9)13-10(15(14)20-11)5-3-7-18-13/h2-8H,1H3. The predicted molar refractivity (Wildman–Crippen MR) is 81.5 cm³/mol. The lowest BCUT2D eigenvalue weighted by Crippen LogP contribution is -2.05. The topological polar surface area (TPSA) is 77.9 Å². The van der Waals surface area contributed by atoms with Gasteiger partial charge in [0.25, 0.3) is 0 Å². The molecule has 6 heteroatoms. The van der Waals surface area contributed by atoms with Gasteiger partial charge in [0, 0.05) is 23.2 Å². The summed E-state index contributed by atoms with van der Waals surface area (Å²) >= 11 is 0. The number of benzene rings is 1. The van der Waals surface area contributed by atoms with Gasteiger partial charge in [-0.1, -0.05) is 0 Å². The molecule has 0 saturated heterocycles. The van der Waals surface area contributed by atoms with Gasteiger partial charge in [-0.05, 0) is 24.3 Å². The SMILES string of the molecule is COC(=O)c1cnc2c3cccnc3c3ncccc3c2n1. The molecule has 6 nitrogen and oxygen atoms in total. The quantitative estimate of drug-likeness (QED) is 0.396. The van der Waals surface area contributed by atoms with Crippen molar-refractivity contribution in [2.45, 2.75) is 0 Å². The van der Waals surface area contributed by atoms with Crippen molar-refractivity contribution in [2.75, 3.05) is 7.11 Å². The summed E-state index contributed by atoms with van der Waals surface area (Å²) in [6, 6.07) is 7.48. The fourth-order valence-electron chi connectivity index (χ4n) is 2.55. The Labute approximate surface area is 124 Å². The van der Waals surface area contributed by atoms with Crippen molar-refractivity contribution in [2.24, 2.45) is 0 Å². The van der Waals surface area contributed by atoms with E-state index in [-0.39, 0.29) is 5.69 Å². The van der Waals surface area contributed by atoms with Crippen molar-refractivity contribution < 1.29 is 9.53 Å². The lowest BCUT2D eigenvalue weighted by atomic mass is 10.1. The van der Waals surface area contributed by atoms with Crippen molar-refractivity contribution in [1.29, 1.82) is 0 Å². The molecule has 0 radical (unpaired) electrons. The molecule has 0 aliphatic rings. The average molecular weight is 290 g/mol. The summed E-state index contributed by atoms with van der Waals surface area (Å²) in [4.78, 5) is 29.3. The molecule has 0 spiro atoms. The van der Waals surface area contributed by atoms with Crippen molar-refractivity contribution in [3.8, 4) is 0 Å². The molecule has 0 N–H and O–H groups in total. The van der Waals surface area contributed by atoms with Gasteiger partial charge in [-0.25, -0.2) is 9.78 Å². The van der Waals surface area contributed by atoms with E-state index in [1.807, 2.05) is 24.3 Å². The fourth-order valence-corrected chi connectivity index (χ4v) is 2.55. The number of esters is 1. The maximum atomic E-state index is 11.7. The van der Waals surface area contributed by atoms with E-state index < -0.39 is 5.97 Å². The second kappa shape index (κ2) is 4.70. The minimum Gasteiger partial charge on any atom is -0.464 e. The first-order chi connectivity index (χ1) is 10.8. The van der Waals surface area contributed by atoms with Crippen LogP contribution in [0.3, 0.4) is 0 Å². The first-order valence-electron chi connectivity index (χ1n) is 6.66. The Hall–Kier alpha value is -3.15. The number of pyridine rings is 2. The number of rotatable bonds is 1. The van der Waals surface area contributed by atoms with Gasteiger partial charge in [-0.3, -0.25) is 15.0 Å². The predicted octanol–water partition coefficient (Wildman–Crippen LogP) is 2.51. The Morgan fingerprint density at radius 1 is 0.909 bits per heavy atom. The molecule has 0 saturated carbocycles. The van der Waals surface area contributed by atoms with Crippen LogP contribution in [0.4, 0.5) is 0 Å². The number of carbonyl (C=O) groups is 1. The van der Waals surface area contributed by atoms with E-state index in [9.17, 15) is 4.79 Å². The summed E-state index contributed by atoms with van der Waals surface area (Å²) in [5.74, 6) is -0.516. The molecular formula is C16H10N4O2. The molecule has 0 aliphatic heterocycles. The van der Waals surface area contributed by atoms with Crippen molar-refractivity contribution in [3.63, 3.8) is 0 Å². The van der Waals surface area contributed by atoms with Crippen LogP contribution in [0.15, 0.2) is 42.9 Å². The highest BCUT2D eigenvalue weighted by molar-refractivity contribution is 6.20. The van der Waals surface area contributed by atoms with Crippen LogP contribution in [0.5, 0.6) is 0 Å². The average Bonchev–Trinajstić information content (AvgIpc) is 2.61. The van der Waals surface area contributed by atoms with Crippen LogP contribution in [0.1, 0.15) is 10.5 Å². The fraction of sp³-hybridized carbons (Fsp3) is 0.0625. The molecule has 0 atom stereocenters. The van der Waals surface area contributed by atoms with Gasteiger partial charge in [-0.15, -0.1) is 0 Å². The van der Waals surface area contributed by atoms with E-state index in [4.69, 9.17) is 4.74 Å². The highest BCUT2D eigenvalue weighted by Crippen LogP contribution is 2.30. The minimum atomic E-state index is -0.516. The number of ether oxygens (including phenoxy) is 1. The third-order valence-electron chi connectivity index (χ3n) is 3.52. The Bertz CT molecular complexity index is 1010. The highest BCUT2D eigenvalue weighted by Gasteiger charge is 2.15. The summed E-state index contributed by atoms with van der Waals surface area (Å²) in [6.45, 7) is 0. The molecule has 3 aromatic heterocycles. The van der Waals surface area contributed by atoms with Gasteiger partial charge in [0.2, 0.25) is 0 Å². The lowest BCUT2D eigenvalue weighted by molar-refractivity contribution is 0.0594. The van der Waals surface area contributed by atoms with Crippen LogP contribution in [0.2, 0.25) is 0 Å². The van der Waals surface area contributed by atoms with Gasteiger partial charge in [0.1, 0.15) is 0 Å². The maximum Gasteiger partial charge on any atom is 0.358 e. The number of hydrogen-bond acceptors (Lipinski definition) is 6. The Morgan fingerprint density at radius 3 is 2.14 bits per heavy atom. The van der Waals surface area contributed by atoms with E-state index >= 15 is 0 Å². The molecule has 0 bridgehead atoms. The number of fused-ring (bicyclic) bond motifs is 6. The monoisotopic (exact) mass is 290 g/mol. The number of aromatic nitrogens is 4. The highest BCUT2D eigenvalue weighted by atomic mass is 16.5. The largest absolute Gasteiger partial charge is 0.464 e. The van der Waals surface area contributed by atoms with Crippen molar-refractivity contribution >= 4 is 38.8 Å². The normalized spacial score (nSPS) is 11.1. The molecule has 1 aromatic carbocycles. The van der Waals surface area contributed by atoms with Gasteiger partial charge in [0.15, 0.2) is 5.69 Å². The van der Waals surface area contributed by atoms with Gasteiger partial charge in [-0.2, -0.15) is 0 Å². The smallest absolute Gasteiger partial charge is 0.358 e. The van der Waals surface area contributed by atoms with E-state index in [0.29, 0.717) is 11.0 Å². The minimum absolute atomic E-state index is 0.170. The van der Waals surface area contributed by atoms with Crippen LogP contribution in [0, 0.1) is 0 Å². The maximum absolute atomic E-state index is 11.7. The number of nitrogens with zero attached hydrogens (tertiary/aromatic N) is 4. The van der Waals surface area contributed by atoms with Crippen LogP contribution in [0.25, 0.3) is 32.8 Å². The first kappa shape index (κ1) is 12.6. The molecular weight excluding hydrogens is 280 g/mol. The zero-order valence-electron chi connectivity index (χ0n) is 11.6. The molecule has 0 unspecified atom stereocenters. The zero-order valence-corrected chi connectivity index (χ0v) is 11.6. The molecule has 4 aromatic rings. The van der Waals surface area contributed by atoms with Gasteiger partial charge in [0.05, 0.1) is 35.4 Å². The molecule has 4 rings (SSSR count). The molecule has 0 fully saturated rings. The van der Waals surface area contributed by atoms with E-state index in [1.54, 1.807) is 12.4 Å². The van der Waals surface area contributed by atoms with Crippen LogP contribution in [-0.4, -0.2) is 33.0 Å². The summed E-state index contributed by atoms with van der Waals surface area (Å²) in [7, 11) is 1.32. The van der Waals surface area contributed by atoms with Crippen molar-refractivity contribution in [1.82, 2.24) is 19.9 Å². The molecule has 0 aliphatic carbocycles. The summed E-state index contributed by atoms with van der Waals surface area (Å²) in [5.41, 5.74) is 2.98. The number of hydrogen-bond donors (Lipinski definition) is 0. The molecule has 3 heterocycles. The van der Waals surface area contributed by atoms with E-state index in [1.165, 1.54) is 13.3 Å². The molecule has 0 amide bonds. The third kappa shape index (κ3) is 1.70.